The molecule has 0 unspecified atom stereocenters. The molecule has 1 saturated carbocycles. The van der Waals surface area contributed by atoms with E-state index in [0.29, 0.717) is 6.54 Å². The van der Waals surface area contributed by atoms with Gasteiger partial charge >= 0.3 is 0 Å². The number of hydrogen-bond donors (Lipinski definition) is 0. The molecule has 1 amide bonds. The van der Waals surface area contributed by atoms with E-state index in [0.717, 1.165) is 30.6 Å². The van der Waals surface area contributed by atoms with Crippen LogP contribution in [0.2, 0.25) is 0 Å². The van der Waals surface area contributed by atoms with Gasteiger partial charge in [0.2, 0.25) is 15.9 Å². The minimum Gasteiger partial charge on any atom is -0.348 e. The molecule has 0 bridgehead atoms. The van der Waals surface area contributed by atoms with Gasteiger partial charge in [0, 0.05) is 31.0 Å². The van der Waals surface area contributed by atoms with Gasteiger partial charge in [-0.1, -0.05) is 30.3 Å². The van der Waals surface area contributed by atoms with Crippen molar-refractivity contribution in [2.45, 2.75) is 31.5 Å². The first-order chi connectivity index (χ1) is 12.4. The van der Waals surface area contributed by atoms with E-state index in [1.54, 1.807) is 0 Å². The molecule has 1 aliphatic carbocycles. The summed E-state index contributed by atoms with van der Waals surface area (Å²) in [5.74, 6) is -0.136. The summed E-state index contributed by atoms with van der Waals surface area (Å²) in [5, 5.41) is 0. The van der Waals surface area contributed by atoms with Gasteiger partial charge in [-0.05, 0) is 30.5 Å². The van der Waals surface area contributed by atoms with Crippen molar-refractivity contribution in [2.24, 2.45) is 0 Å². The average Bonchev–Trinajstić information content (AvgIpc) is 3.34. The van der Waals surface area contributed by atoms with Crippen LogP contribution in [0.15, 0.2) is 48.7 Å². The number of aromatic nitrogens is 1. The molecule has 6 nitrogen and oxygen atoms in total. The van der Waals surface area contributed by atoms with Crippen LogP contribution < -0.4 is 0 Å². The van der Waals surface area contributed by atoms with Crippen molar-refractivity contribution in [1.82, 2.24) is 13.8 Å². The molecule has 7 heteroatoms. The first-order valence-electron chi connectivity index (χ1n) is 8.91. The highest BCUT2D eigenvalue weighted by molar-refractivity contribution is 7.88. The predicted molar refractivity (Wildman–Crippen MR) is 99.0 cm³/mol. The Kier molecular flexibility index (Phi) is 4.36. The molecule has 0 radical (unpaired) electrons. The van der Waals surface area contributed by atoms with Crippen LogP contribution in [0.5, 0.6) is 0 Å². The van der Waals surface area contributed by atoms with E-state index in [1.807, 2.05) is 53.6 Å². The summed E-state index contributed by atoms with van der Waals surface area (Å²) < 4.78 is 27.7. The maximum absolute atomic E-state index is 13.1. The Morgan fingerprint density at radius 3 is 2.50 bits per heavy atom. The second-order valence-electron chi connectivity index (χ2n) is 7.07. The number of fused-ring (bicyclic) bond motifs is 1. The third-order valence-corrected chi connectivity index (χ3v) is 6.42. The molecule has 1 aromatic heterocycles. The lowest BCUT2D eigenvalue weighted by Crippen LogP contribution is -2.48. The Morgan fingerprint density at radius 2 is 1.85 bits per heavy atom. The van der Waals surface area contributed by atoms with Crippen molar-refractivity contribution in [2.75, 3.05) is 19.3 Å². The van der Waals surface area contributed by atoms with Crippen molar-refractivity contribution in [3.63, 3.8) is 0 Å². The highest BCUT2D eigenvalue weighted by atomic mass is 32.2. The molecule has 138 valence electrons. The Morgan fingerprint density at radius 1 is 1.12 bits per heavy atom. The van der Waals surface area contributed by atoms with Gasteiger partial charge in [-0.15, -0.1) is 0 Å². The predicted octanol–water partition coefficient (Wildman–Crippen LogP) is 1.84. The lowest BCUT2D eigenvalue weighted by atomic mass is 10.00. The van der Waals surface area contributed by atoms with Crippen LogP contribution in [-0.4, -0.2) is 53.5 Å². The largest absolute Gasteiger partial charge is 0.348 e. The molecule has 1 fully saturated rings. The Hall–Kier alpha value is -2.12. The molecule has 2 aliphatic rings. The summed E-state index contributed by atoms with van der Waals surface area (Å²) in [4.78, 5) is 14.9. The maximum atomic E-state index is 13.1. The summed E-state index contributed by atoms with van der Waals surface area (Å²) in [5.41, 5.74) is 2.10. The molecular weight excluding hydrogens is 350 g/mol. The standard InChI is InChI=1S/C19H23N3O3S/c1-26(24,25)22(16-9-10-16)14-18(23)21-13-12-20-11-5-8-17(20)19(21)15-6-3-2-4-7-15/h2-8,11,16,19H,9-10,12-14H2,1H3/t19-/m1/s1. The van der Waals surface area contributed by atoms with Crippen molar-refractivity contribution in [3.05, 3.63) is 59.9 Å². The first-order valence-corrected chi connectivity index (χ1v) is 10.8. The van der Waals surface area contributed by atoms with E-state index in [9.17, 15) is 13.2 Å². The molecular formula is C19H23N3O3S. The van der Waals surface area contributed by atoms with Crippen LogP contribution in [-0.2, 0) is 21.4 Å². The lowest BCUT2D eigenvalue weighted by molar-refractivity contribution is -0.134. The number of nitrogens with zero attached hydrogens (tertiary/aromatic N) is 3. The second-order valence-corrected chi connectivity index (χ2v) is 9.00. The fraction of sp³-hybridized carbons (Fsp3) is 0.421. The van der Waals surface area contributed by atoms with Crippen LogP contribution in [0.4, 0.5) is 0 Å². The zero-order chi connectivity index (χ0) is 18.3. The van der Waals surface area contributed by atoms with Gasteiger partial charge in [-0.25, -0.2) is 8.42 Å². The summed E-state index contributed by atoms with van der Waals surface area (Å²) in [6.45, 7) is 1.22. The Balaban J connectivity index is 1.65. The van der Waals surface area contributed by atoms with Crippen molar-refractivity contribution in [1.29, 1.82) is 0 Å². The molecule has 2 aromatic rings. The fourth-order valence-electron chi connectivity index (χ4n) is 3.74. The Labute approximate surface area is 154 Å². The van der Waals surface area contributed by atoms with E-state index >= 15 is 0 Å². The fourth-order valence-corrected chi connectivity index (χ4v) is 4.84. The number of sulfonamides is 1. The van der Waals surface area contributed by atoms with Gasteiger partial charge in [0.1, 0.15) is 0 Å². The van der Waals surface area contributed by atoms with Gasteiger partial charge in [0.05, 0.1) is 18.8 Å². The SMILES string of the molecule is CS(=O)(=O)N(CC(=O)N1CCn2cccc2[C@H]1c1ccccc1)C1CC1. The molecule has 4 rings (SSSR count). The number of rotatable bonds is 5. The second kappa shape index (κ2) is 6.55. The quantitative estimate of drug-likeness (QED) is 0.803. The minimum absolute atomic E-state index is 0.0159. The Bertz CT molecular complexity index is 903. The van der Waals surface area contributed by atoms with Gasteiger partial charge < -0.3 is 9.47 Å². The molecule has 1 atom stereocenters. The van der Waals surface area contributed by atoms with E-state index in [4.69, 9.17) is 0 Å². The average molecular weight is 373 g/mol. The highest BCUT2D eigenvalue weighted by Crippen LogP contribution is 2.34. The number of carbonyl (C=O) groups excluding carboxylic acids is 1. The van der Waals surface area contributed by atoms with Gasteiger partial charge in [0.25, 0.3) is 0 Å². The third-order valence-electron chi connectivity index (χ3n) is 5.15. The molecule has 0 spiro atoms. The van der Waals surface area contributed by atoms with Crippen LogP contribution in [0, 0.1) is 0 Å². The number of benzene rings is 1. The monoisotopic (exact) mass is 373 g/mol. The number of hydrogen-bond acceptors (Lipinski definition) is 3. The molecule has 1 aliphatic heterocycles. The molecule has 0 saturated heterocycles. The van der Waals surface area contributed by atoms with Crippen LogP contribution in [0.3, 0.4) is 0 Å². The van der Waals surface area contributed by atoms with E-state index < -0.39 is 10.0 Å². The van der Waals surface area contributed by atoms with Gasteiger partial charge in [0.15, 0.2) is 0 Å². The summed E-state index contributed by atoms with van der Waals surface area (Å²) in [6.07, 6.45) is 4.89. The summed E-state index contributed by atoms with van der Waals surface area (Å²) >= 11 is 0. The van der Waals surface area contributed by atoms with Crippen LogP contribution >= 0.6 is 0 Å². The molecule has 26 heavy (non-hydrogen) atoms. The smallest absolute Gasteiger partial charge is 0.238 e. The van der Waals surface area contributed by atoms with Gasteiger partial charge in [-0.2, -0.15) is 4.31 Å². The summed E-state index contributed by atoms with van der Waals surface area (Å²) in [7, 11) is -3.39. The topological polar surface area (TPSA) is 62.6 Å². The summed E-state index contributed by atoms with van der Waals surface area (Å²) in [6, 6.07) is 13.7. The van der Waals surface area contributed by atoms with Crippen LogP contribution in [0.1, 0.15) is 30.1 Å². The molecule has 2 heterocycles. The molecule has 1 aromatic carbocycles. The zero-order valence-electron chi connectivity index (χ0n) is 14.8. The third kappa shape index (κ3) is 3.29. The number of amides is 1. The van der Waals surface area contributed by atoms with E-state index in [-0.39, 0.29) is 24.5 Å². The lowest BCUT2D eigenvalue weighted by Gasteiger charge is -2.38. The van der Waals surface area contributed by atoms with Crippen molar-refractivity contribution in [3.8, 4) is 0 Å². The minimum atomic E-state index is -3.39. The van der Waals surface area contributed by atoms with Crippen molar-refractivity contribution >= 4 is 15.9 Å². The van der Waals surface area contributed by atoms with Crippen LogP contribution in [0.25, 0.3) is 0 Å². The van der Waals surface area contributed by atoms with E-state index in [2.05, 4.69) is 4.57 Å². The van der Waals surface area contributed by atoms with Gasteiger partial charge in [-0.3, -0.25) is 4.79 Å². The molecule has 0 N–H and O–H groups in total. The van der Waals surface area contributed by atoms with Crippen molar-refractivity contribution < 1.29 is 13.2 Å². The highest BCUT2D eigenvalue weighted by Gasteiger charge is 2.39. The zero-order valence-corrected chi connectivity index (χ0v) is 15.6. The first kappa shape index (κ1) is 17.3. The maximum Gasteiger partial charge on any atom is 0.238 e. The number of carbonyl (C=O) groups is 1. The normalized spacial score (nSPS) is 20.2. The van der Waals surface area contributed by atoms with E-state index in [1.165, 1.54) is 10.6 Å².